The van der Waals surface area contributed by atoms with E-state index in [1.54, 1.807) is 24.4 Å². The first-order valence-corrected chi connectivity index (χ1v) is 6.99. The first kappa shape index (κ1) is 12.6. The van der Waals surface area contributed by atoms with Gasteiger partial charge in [0.15, 0.2) is 0 Å². The molecule has 1 aliphatic heterocycles. The molecule has 0 saturated carbocycles. The first-order valence-electron chi connectivity index (χ1n) is 6.61. The number of nitrogens with one attached hydrogen (secondary N) is 1. The lowest BCUT2D eigenvalue weighted by atomic mass is 9.93. The van der Waals surface area contributed by atoms with E-state index in [0.717, 1.165) is 38.0 Å². The Morgan fingerprint density at radius 3 is 2.95 bits per heavy atom. The second kappa shape index (κ2) is 5.31. The molecular weight excluding hydrogens is 262 g/mol. The predicted molar refractivity (Wildman–Crippen MR) is 75.8 cm³/mol. The van der Waals surface area contributed by atoms with Crippen LogP contribution < -0.4 is 10.9 Å². The van der Waals surface area contributed by atoms with Crippen LogP contribution in [0.15, 0.2) is 29.2 Å². The van der Waals surface area contributed by atoms with E-state index in [1.807, 2.05) is 0 Å². The van der Waals surface area contributed by atoms with Gasteiger partial charge >= 0.3 is 0 Å². The number of pyridine rings is 1. The Hall–Kier alpha value is -1.39. The molecule has 5 heteroatoms. The second-order valence-corrected chi connectivity index (χ2v) is 5.50. The van der Waals surface area contributed by atoms with Crippen molar-refractivity contribution < 1.29 is 0 Å². The zero-order valence-electron chi connectivity index (χ0n) is 10.6. The highest BCUT2D eigenvalue weighted by molar-refractivity contribution is 6.30. The van der Waals surface area contributed by atoms with Crippen LogP contribution in [0.1, 0.15) is 18.5 Å². The zero-order valence-corrected chi connectivity index (χ0v) is 11.4. The highest BCUT2D eigenvalue weighted by atomic mass is 35.5. The van der Waals surface area contributed by atoms with Gasteiger partial charge in [-0.15, -0.1) is 0 Å². The highest BCUT2D eigenvalue weighted by Gasteiger charge is 2.15. The SMILES string of the molecule is O=c1cc(CC2CCNCC2)nc2ccc(Cl)cn12. The molecule has 0 radical (unpaired) electrons. The Labute approximate surface area is 116 Å². The van der Waals surface area contributed by atoms with Crippen molar-refractivity contribution in [2.75, 3.05) is 13.1 Å². The van der Waals surface area contributed by atoms with Gasteiger partial charge in [0.1, 0.15) is 5.65 Å². The van der Waals surface area contributed by atoms with Gasteiger partial charge in [0.25, 0.3) is 5.56 Å². The van der Waals surface area contributed by atoms with Crippen molar-refractivity contribution in [2.45, 2.75) is 19.3 Å². The van der Waals surface area contributed by atoms with Crippen LogP contribution in [0.25, 0.3) is 5.65 Å². The molecule has 100 valence electrons. The molecule has 0 atom stereocenters. The number of nitrogens with zero attached hydrogens (tertiary/aromatic N) is 2. The fourth-order valence-corrected chi connectivity index (χ4v) is 2.77. The summed E-state index contributed by atoms with van der Waals surface area (Å²) in [6.45, 7) is 2.12. The quantitative estimate of drug-likeness (QED) is 0.912. The van der Waals surface area contributed by atoms with E-state index in [0.29, 0.717) is 16.6 Å². The summed E-state index contributed by atoms with van der Waals surface area (Å²) in [6, 6.07) is 5.18. The molecule has 3 rings (SSSR count). The largest absolute Gasteiger partial charge is 0.317 e. The van der Waals surface area contributed by atoms with Crippen molar-refractivity contribution in [3.8, 4) is 0 Å². The molecule has 0 amide bonds. The third kappa shape index (κ3) is 2.80. The third-order valence-electron chi connectivity index (χ3n) is 3.63. The smallest absolute Gasteiger partial charge is 0.258 e. The Morgan fingerprint density at radius 1 is 1.37 bits per heavy atom. The van der Waals surface area contributed by atoms with Gasteiger partial charge in [-0.2, -0.15) is 0 Å². The molecule has 4 nitrogen and oxygen atoms in total. The highest BCUT2D eigenvalue weighted by Crippen LogP contribution is 2.17. The lowest BCUT2D eigenvalue weighted by Gasteiger charge is -2.22. The van der Waals surface area contributed by atoms with Gasteiger partial charge in [-0.1, -0.05) is 11.6 Å². The Balaban J connectivity index is 1.92. The molecule has 1 N–H and O–H groups in total. The maximum Gasteiger partial charge on any atom is 0.258 e. The minimum Gasteiger partial charge on any atom is -0.317 e. The van der Waals surface area contributed by atoms with E-state index >= 15 is 0 Å². The van der Waals surface area contributed by atoms with Crippen LogP contribution in [0.3, 0.4) is 0 Å². The predicted octanol–water partition coefficient (Wildman–Crippen LogP) is 1.89. The average molecular weight is 278 g/mol. The number of rotatable bonds is 2. The molecule has 0 unspecified atom stereocenters. The van der Waals surface area contributed by atoms with Gasteiger partial charge in [0, 0.05) is 18.0 Å². The molecular formula is C14H16ClN3O. The summed E-state index contributed by atoms with van der Waals surface area (Å²) in [5.74, 6) is 0.628. The third-order valence-corrected chi connectivity index (χ3v) is 3.86. The fourth-order valence-electron chi connectivity index (χ4n) is 2.61. The van der Waals surface area contributed by atoms with E-state index in [9.17, 15) is 4.79 Å². The molecule has 3 heterocycles. The molecule has 1 saturated heterocycles. The van der Waals surface area contributed by atoms with Gasteiger partial charge in [-0.25, -0.2) is 4.98 Å². The van der Waals surface area contributed by atoms with Crippen molar-refractivity contribution in [3.05, 3.63) is 45.5 Å². The lowest BCUT2D eigenvalue weighted by molar-refractivity contribution is 0.370. The van der Waals surface area contributed by atoms with Crippen molar-refractivity contribution in [1.82, 2.24) is 14.7 Å². The van der Waals surface area contributed by atoms with Gasteiger partial charge < -0.3 is 5.32 Å². The molecule has 1 aliphatic rings. The van der Waals surface area contributed by atoms with Crippen LogP contribution in [-0.2, 0) is 6.42 Å². The van der Waals surface area contributed by atoms with E-state index < -0.39 is 0 Å². The molecule has 19 heavy (non-hydrogen) atoms. The van der Waals surface area contributed by atoms with Crippen molar-refractivity contribution in [3.63, 3.8) is 0 Å². The summed E-state index contributed by atoms with van der Waals surface area (Å²) in [4.78, 5) is 16.6. The minimum absolute atomic E-state index is 0.0589. The fraction of sp³-hybridized carbons (Fsp3) is 0.429. The first-order chi connectivity index (χ1) is 9.22. The summed E-state index contributed by atoms with van der Waals surface area (Å²) in [6.07, 6.45) is 4.81. The molecule has 2 aromatic heterocycles. The summed E-state index contributed by atoms with van der Waals surface area (Å²) in [7, 11) is 0. The van der Waals surface area contributed by atoms with Crippen LogP contribution in [-0.4, -0.2) is 22.5 Å². The van der Waals surface area contributed by atoms with Gasteiger partial charge in [0.2, 0.25) is 0 Å². The Kier molecular flexibility index (Phi) is 3.53. The van der Waals surface area contributed by atoms with Crippen molar-refractivity contribution >= 4 is 17.2 Å². The van der Waals surface area contributed by atoms with Crippen LogP contribution >= 0.6 is 11.6 Å². The molecule has 1 fully saturated rings. The summed E-state index contributed by atoms with van der Waals surface area (Å²) in [5.41, 5.74) is 1.50. The van der Waals surface area contributed by atoms with Gasteiger partial charge in [0.05, 0.1) is 5.02 Å². The van der Waals surface area contributed by atoms with E-state index in [4.69, 9.17) is 11.6 Å². The van der Waals surface area contributed by atoms with E-state index in [2.05, 4.69) is 10.3 Å². The van der Waals surface area contributed by atoms with Crippen LogP contribution in [0, 0.1) is 5.92 Å². The van der Waals surface area contributed by atoms with E-state index in [-0.39, 0.29) is 5.56 Å². The second-order valence-electron chi connectivity index (χ2n) is 5.06. The van der Waals surface area contributed by atoms with Gasteiger partial charge in [-0.3, -0.25) is 9.20 Å². The number of halogens is 1. The van der Waals surface area contributed by atoms with Gasteiger partial charge in [-0.05, 0) is 50.4 Å². The number of piperidine rings is 1. The minimum atomic E-state index is -0.0589. The normalized spacial score (nSPS) is 16.9. The molecule has 0 bridgehead atoms. The molecule has 0 spiro atoms. The van der Waals surface area contributed by atoms with Crippen LogP contribution in [0.2, 0.25) is 5.02 Å². The van der Waals surface area contributed by atoms with Crippen LogP contribution in [0.5, 0.6) is 0 Å². The molecule has 0 aromatic carbocycles. The Bertz CT molecular complexity index is 647. The Morgan fingerprint density at radius 2 is 2.16 bits per heavy atom. The number of hydrogen-bond donors (Lipinski definition) is 1. The lowest BCUT2D eigenvalue weighted by Crippen LogP contribution is -2.29. The topological polar surface area (TPSA) is 46.4 Å². The number of hydrogen-bond acceptors (Lipinski definition) is 3. The number of aromatic nitrogens is 2. The van der Waals surface area contributed by atoms with Crippen molar-refractivity contribution in [1.29, 1.82) is 0 Å². The van der Waals surface area contributed by atoms with Crippen molar-refractivity contribution in [2.24, 2.45) is 5.92 Å². The zero-order chi connectivity index (χ0) is 13.2. The van der Waals surface area contributed by atoms with E-state index in [1.165, 1.54) is 4.40 Å². The molecule has 0 aliphatic carbocycles. The standard InChI is InChI=1S/C14H16ClN3O/c15-11-1-2-13-17-12(8-14(19)18(13)9-11)7-10-3-5-16-6-4-10/h1-2,8-10,16H,3-7H2. The maximum atomic E-state index is 12.0. The monoisotopic (exact) mass is 277 g/mol. The maximum absolute atomic E-state index is 12.0. The van der Waals surface area contributed by atoms with Crippen LogP contribution in [0.4, 0.5) is 0 Å². The summed E-state index contributed by atoms with van der Waals surface area (Å²) >= 11 is 5.89. The summed E-state index contributed by atoms with van der Waals surface area (Å²) < 4.78 is 1.49. The number of fused-ring (bicyclic) bond motifs is 1. The average Bonchev–Trinajstić information content (AvgIpc) is 2.41. The molecule has 2 aromatic rings. The summed E-state index contributed by atoms with van der Waals surface area (Å²) in [5, 5.41) is 3.89.